The molecule has 1 heterocycles. The molecule has 0 aliphatic heterocycles. The lowest BCUT2D eigenvalue weighted by Crippen LogP contribution is -2.24. The smallest absolute Gasteiger partial charge is 0.270 e. The van der Waals surface area contributed by atoms with Gasteiger partial charge in [0.1, 0.15) is 5.69 Å². The molecule has 0 spiro atoms. The normalized spacial score (nSPS) is 11.5. The number of carbonyl (C=O) groups excluding carboxylic acids is 1. The minimum atomic E-state index is -0.220. The average Bonchev–Trinajstić information content (AvgIpc) is 2.65. The molecule has 0 saturated carbocycles. The van der Waals surface area contributed by atoms with Gasteiger partial charge in [0.2, 0.25) is 0 Å². The molecule has 0 aliphatic carbocycles. The SMILES string of the molecule is CCC(C)Nc1ccnc(C(=O)NCc2ccc(OC)c(OC)c2)c1. The van der Waals surface area contributed by atoms with Crippen LogP contribution in [0.2, 0.25) is 0 Å². The van der Waals surface area contributed by atoms with Crippen LogP contribution < -0.4 is 20.1 Å². The average molecular weight is 343 g/mol. The zero-order valence-electron chi connectivity index (χ0n) is 15.1. The molecular weight excluding hydrogens is 318 g/mol. The van der Waals surface area contributed by atoms with Crippen molar-refractivity contribution in [2.45, 2.75) is 32.9 Å². The van der Waals surface area contributed by atoms with Crippen molar-refractivity contribution in [1.29, 1.82) is 0 Å². The number of hydrogen-bond donors (Lipinski definition) is 2. The lowest BCUT2D eigenvalue weighted by Gasteiger charge is -2.13. The van der Waals surface area contributed by atoms with E-state index in [1.54, 1.807) is 26.5 Å². The summed E-state index contributed by atoms with van der Waals surface area (Å²) in [6.45, 7) is 4.58. The Kier molecular flexibility index (Phi) is 6.62. The lowest BCUT2D eigenvalue weighted by molar-refractivity contribution is 0.0946. The second-order valence-corrected chi connectivity index (χ2v) is 5.76. The maximum absolute atomic E-state index is 12.3. The Hall–Kier alpha value is -2.76. The van der Waals surface area contributed by atoms with E-state index >= 15 is 0 Å². The van der Waals surface area contributed by atoms with E-state index in [4.69, 9.17) is 9.47 Å². The molecule has 0 radical (unpaired) electrons. The first kappa shape index (κ1) is 18.6. The molecule has 1 aromatic carbocycles. The molecule has 6 nitrogen and oxygen atoms in total. The Morgan fingerprint density at radius 2 is 1.92 bits per heavy atom. The number of carbonyl (C=O) groups is 1. The number of nitrogens with zero attached hydrogens (tertiary/aromatic N) is 1. The molecule has 1 amide bonds. The van der Waals surface area contributed by atoms with Crippen LogP contribution in [-0.4, -0.2) is 31.2 Å². The number of hydrogen-bond acceptors (Lipinski definition) is 5. The first-order chi connectivity index (χ1) is 12.1. The van der Waals surface area contributed by atoms with Gasteiger partial charge in [-0.15, -0.1) is 0 Å². The van der Waals surface area contributed by atoms with E-state index in [0.717, 1.165) is 17.7 Å². The van der Waals surface area contributed by atoms with Crippen molar-refractivity contribution >= 4 is 11.6 Å². The van der Waals surface area contributed by atoms with Crippen molar-refractivity contribution in [3.05, 3.63) is 47.8 Å². The van der Waals surface area contributed by atoms with Gasteiger partial charge in [0, 0.05) is 24.5 Å². The van der Waals surface area contributed by atoms with Crippen molar-refractivity contribution in [3.63, 3.8) is 0 Å². The van der Waals surface area contributed by atoms with Gasteiger partial charge in [-0.3, -0.25) is 9.78 Å². The molecule has 0 bridgehead atoms. The van der Waals surface area contributed by atoms with Crippen LogP contribution >= 0.6 is 0 Å². The summed E-state index contributed by atoms with van der Waals surface area (Å²) < 4.78 is 10.5. The minimum absolute atomic E-state index is 0.220. The quantitative estimate of drug-likeness (QED) is 0.770. The molecule has 134 valence electrons. The Morgan fingerprint density at radius 1 is 1.16 bits per heavy atom. The van der Waals surface area contributed by atoms with Crippen molar-refractivity contribution in [2.75, 3.05) is 19.5 Å². The van der Waals surface area contributed by atoms with Crippen molar-refractivity contribution in [3.8, 4) is 11.5 Å². The zero-order chi connectivity index (χ0) is 18.2. The second kappa shape index (κ2) is 8.92. The summed E-state index contributed by atoms with van der Waals surface area (Å²) in [6.07, 6.45) is 2.64. The largest absolute Gasteiger partial charge is 0.493 e. The van der Waals surface area contributed by atoms with E-state index < -0.39 is 0 Å². The molecule has 0 fully saturated rings. The third-order valence-electron chi connectivity index (χ3n) is 3.92. The van der Waals surface area contributed by atoms with E-state index in [1.165, 1.54) is 0 Å². The summed E-state index contributed by atoms with van der Waals surface area (Å²) >= 11 is 0. The predicted octanol–water partition coefficient (Wildman–Crippen LogP) is 3.24. The van der Waals surface area contributed by atoms with Crippen LogP contribution in [0.3, 0.4) is 0 Å². The zero-order valence-corrected chi connectivity index (χ0v) is 15.1. The van der Waals surface area contributed by atoms with Crippen LogP contribution in [0.25, 0.3) is 0 Å². The molecule has 1 aromatic heterocycles. The van der Waals surface area contributed by atoms with Gasteiger partial charge >= 0.3 is 0 Å². The highest BCUT2D eigenvalue weighted by molar-refractivity contribution is 5.93. The molecule has 2 aromatic rings. The van der Waals surface area contributed by atoms with E-state index in [0.29, 0.717) is 29.8 Å². The van der Waals surface area contributed by atoms with Crippen LogP contribution in [0, 0.1) is 0 Å². The molecular formula is C19H25N3O3. The fourth-order valence-electron chi connectivity index (χ4n) is 2.29. The molecule has 1 atom stereocenters. The van der Waals surface area contributed by atoms with Gasteiger partial charge in [-0.25, -0.2) is 0 Å². The van der Waals surface area contributed by atoms with Gasteiger partial charge in [-0.05, 0) is 43.2 Å². The minimum Gasteiger partial charge on any atom is -0.493 e. The maximum atomic E-state index is 12.3. The van der Waals surface area contributed by atoms with Crippen LogP contribution in [0.1, 0.15) is 36.3 Å². The highest BCUT2D eigenvalue weighted by Crippen LogP contribution is 2.27. The summed E-state index contributed by atoms with van der Waals surface area (Å²) in [7, 11) is 3.17. The molecule has 6 heteroatoms. The summed E-state index contributed by atoms with van der Waals surface area (Å²) in [5.41, 5.74) is 2.19. The standard InChI is InChI=1S/C19H25N3O3/c1-5-13(2)22-15-8-9-20-16(11-15)19(23)21-12-14-6-7-17(24-3)18(10-14)25-4/h6-11,13H,5,12H2,1-4H3,(H,20,22)(H,21,23). The topological polar surface area (TPSA) is 72.5 Å². The van der Waals surface area contributed by atoms with Crippen molar-refractivity contribution in [1.82, 2.24) is 10.3 Å². The first-order valence-electron chi connectivity index (χ1n) is 8.29. The molecule has 0 saturated heterocycles. The number of ether oxygens (including phenoxy) is 2. The molecule has 0 aliphatic rings. The van der Waals surface area contributed by atoms with Crippen LogP contribution in [-0.2, 0) is 6.54 Å². The number of pyridine rings is 1. The van der Waals surface area contributed by atoms with E-state index in [1.807, 2.05) is 24.3 Å². The van der Waals surface area contributed by atoms with Gasteiger partial charge in [0.15, 0.2) is 11.5 Å². The fourth-order valence-corrected chi connectivity index (χ4v) is 2.29. The number of nitrogens with one attached hydrogen (secondary N) is 2. The van der Waals surface area contributed by atoms with E-state index in [2.05, 4.69) is 29.5 Å². The summed E-state index contributed by atoms with van der Waals surface area (Å²) in [4.78, 5) is 16.5. The van der Waals surface area contributed by atoms with Gasteiger partial charge < -0.3 is 20.1 Å². The second-order valence-electron chi connectivity index (χ2n) is 5.76. The summed E-state index contributed by atoms with van der Waals surface area (Å²) in [6, 6.07) is 9.50. The van der Waals surface area contributed by atoms with E-state index in [9.17, 15) is 4.79 Å². The monoisotopic (exact) mass is 343 g/mol. The number of anilines is 1. The lowest BCUT2D eigenvalue weighted by atomic mass is 10.2. The predicted molar refractivity (Wildman–Crippen MR) is 98.3 cm³/mol. The Bertz CT molecular complexity index is 719. The maximum Gasteiger partial charge on any atom is 0.270 e. The van der Waals surface area contributed by atoms with Crippen LogP contribution in [0.15, 0.2) is 36.5 Å². The van der Waals surface area contributed by atoms with Gasteiger partial charge in [-0.1, -0.05) is 13.0 Å². The number of amides is 1. The summed E-state index contributed by atoms with van der Waals surface area (Å²) in [5, 5.41) is 6.21. The van der Waals surface area contributed by atoms with E-state index in [-0.39, 0.29) is 5.91 Å². The van der Waals surface area contributed by atoms with Crippen LogP contribution in [0.5, 0.6) is 11.5 Å². The number of benzene rings is 1. The molecule has 2 N–H and O–H groups in total. The van der Waals surface area contributed by atoms with Crippen LogP contribution in [0.4, 0.5) is 5.69 Å². The Labute approximate surface area is 148 Å². The van der Waals surface area contributed by atoms with Crippen molar-refractivity contribution in [2.24, 2.45) is 0 Å². The molecule has 1 unspecified atom stereocenters. The first-order valence-corrected chi connectivity index (χ1v) is 8.29. The Morgan fingerprint density at radius 3 is 2.60 bits per heavy atom. The summed E-state index contributed by atoms with van der Waals surface area (Å²) in [5.74, 6) is 1.07. The Balaban J connectivity index is 2.01. The molecule has 2 rings (SSSR count). The third-order valence-corrected chi connectivity index (χ3v) is 3.92. The van der Waals surface area contributed by atoms with Gasteiger partial charge in [-0.2, -0.15) is 0 Å². The number of rotatable bonds is 8. The van der Waals surface area contributed by atoms with Crippen molar-refractivity contribution < 1.29 is 14.3 Å². The third kappa shape index (κ3) is 5.11. The number of aromatic nitrogens is 1. The fraction of sp³-hybridized carbons (Fsp3) is 0.368. The van der Waals surface area contributed by atoms with Gasteiger partial charge in [0.25, 0.3) is 5.91 Å². The van der Waals surface area contributed by atoms with Gasteiger partial charge in [0.05, 0.1) is 14.2 Å². The molecule has 25 heavy (non-hydrogen) atoms. The number of methoxy groups -OCH3 is 2. The highest BCUT2D eigenvalue weighted by Gasteiger charge is 2.10. The highest BCUT2D eigenvalue weighted by atomic mass is 16.5.